The van der Waals surface area contributed by atoms with Gasteiger partial charge in [0.05, 0.1) is 24.8 Å². The number of methoxy groups -OCH3 is 2. The standard InChI is InChI=1S/C27H29N3O6S/c1-19-11-12-20(16-23(19)29-15-7-10-27(29)32)28-26(31)18-30(21-8-5-4-6-9-21)37(33,34)22-13-14-24(35-2)25(17-22)36-3/h4-6,8-9,11-14,16-17H,7,10,15,18H2,1-3H3,(H,28,31). The van der Waals surface area contributed by atoms with E-state index in [1.807, 2.05) is 13.0 Å². The number of para-hydroxylation sites is 1. The van der Waals surface area contributed by atoms with Gasteiger partial charge in [-0.2, -0.15) is 0 Å². The smallest absolute Gasteiger partial charge is 0.264 e. The molecule has 2 amide bonds. The normalized spacial score (nSPS) is 13.4. The molecule has 1 saturated heterocycles. The molecule has 10 heteroatoms. The molecular weight excluding hydrogens is 494 g/mol. The number of carbonyl (C=O) groups excluding carboxylic acids is 2. The van der Waals surface area contributed by atoms with E-state index in [4.69, 9.17) is 9.47 Å². The molecular formula is C27H29N3O6S. The van der Waals surface area contributed by atoms with E-state index >= 15 is 0 Å². The van der Waals surface area contributed by atoms with E-state index in [1.165, 1.54) is 32.4 Å². The van der Waals surface area contributed by atoms with Crippen molar-refractivity contribution in [2.45, 2.75) is 24.7 Å². The highest BCUT2D eigenvalue weighted by Crippen LogP contribution is 2.32. The molecule has 0 unspecified atom stereocenters. The minimum Gasteiger partial charge on any atom is -0.493 e. The van der Waals surface area contributed by atoms with E-state index in [-0.39, 0.29) is 16.6 Å². The zero-order valence-corrected chi connectivity index (χ0v) is 21.7. The minimum atomic E-state index is -4.15. The van der Waals surface area contributed by atoms with Gasteiger partial charge in [-0.3, -0.25) is 13.9 Å². The Bertz CT molecular complexity index is 1410. The summed E-state index contributed by atoms with van der Waals surface area (Å²) in [5.74, 6) is 0.153. The number of amides is 2. The molecule has 0 bridgehead atoms. The Kier molecular flexibility index (Phi) is 7.68. The maximum Gasteiger partial charge on any atom is 0.264 e. The molecule has 0 saturated carbocycles. The summed E-state index contributed by atoms with van der Waals surface area (Å²) in [6.45, 7) is 2.06. The Morgan fingerprint density at radius 3 is 2.38 bits per heavy atom. The van der Waals surface area contributed by atoms with E-state index in [0.717, 1.165) is 22.0 Å². The quantitative estimate of drug-likeness (QED) is 0.455. The second-order valence-corrected chi connectivity index (χ2v) is 10.4. The Morgan fingerprint density at radius 1 is 1.00 bits per heavy atom. The third-order valence-corrected chi connectivity index (χ3v) is 7.90. The van der Waals surface area contributed by atoms with Crippen LogP contribution in [0.25, 0.3) is 0 Å². The van der Waals surface area contributed by atoms with Gasteiger partial charge in [-0.05, 0) is 55.3 Å². The van der Waals surface area contributed by atoms with Crippen LogP contribution < -0.4 is 24.0 Å². The molecule has 0 radical (unpaired) electrons. The Hall–Kier alpha value is -4.05. The van der Waals surface area contributed by atoms with Gasteiger partial charge in [-0.1, -0.05) is 24.3 Å². The molecule has 1 heterocycles. The number of anilines is 3. The number of rotatable bonds is 9. The van der Waals surface area contributed by atoms with E-state index in [1.54, 1.807) is 47.4 Å². The molecule has 3 aromatic rings. The Balaban J connectivity index is 1.63. The lowest BCUT2D eigenvalue weighted by Crippen LogP contribution is -2.38. The molecule has 1 aliphatic heterocycles. The highest BCUT2D eigenvalue weighted by molar-refractivity contribution is 7.92. The number of nitrogens with zero attached hydrogens (tertiary/aromatic N) is 2. The average Bonchev–Trinajstić information content (AvgIpc) is 3.33. The second kappa shape index (κ2) is 10.9. The number of hydrogen-bond acceptors (Lipinski definition) is 6. The number of hydrogen-bond donors (Lipinski definition) is 1. The average molecular weight is 524 g/mol. The molecule has 1 fully saturated rings. The van der Waals surface area contributed by atoms with E-state index < -0.39 is 22.5 Å². The van der Waals surface area contributed by atoms with E-state index in [2.05, 4.69) is 5.32 Å². The van der Waals surface area contributed by atoms with Gasteiger partial charge in [0.2, 0.25) is 11.8 Å². The highest BCUT2D eigenvalue weighted by atomic mass is 32.2. The first-order valence-corrected chi connectivity index (χ1v) is 13.2. The SMILES string of the molecule is COc1ccc(S(=O)(=O)N(CC(=O)Nc2ccc(C)c(N3CCCC3=O)c2)c2ccccc2)cc1OC. The van der Waals surface area contributed by atoms with Gasteiger partial charge in [0.1, 0.15) is 6.54 Å². The molecule has 0 aromatic heterocycles. The van der Waals surface area contributed by atoms with Crippen molar-refractivity contribution in [3.8, 4) is 11.5 Å². The summed E-state index contributed by atoms with van der Waals surface area (Å²) < 4.78 is 38.9. The molecule has 1 N–H and O–H groups in total. The maximum atomic E-state index is 13.7. The van der Waals surface area contributed by atoms with Crippen LogP contribution in [0.1, 0.15) is 18.4 Å². The van der Waals surface area contributed by atoms with Crippen LogP contribution in [-0.4, -0.2) is 47.5 Å². The predicted octanol–water partition coefficient (Wildman–Crippen LogP) is 3.97. The fourth-order valence-electron chi connectivity index (χ4n) is 4.23. The van der Waals surface area contributed by atoms with Crippen molar-refractivity contribution in [2.24, 2.45) is 0 Å². The zero-order valence-electron chi connectivity index (χ0n) is 20.9. The minimum absolute atomic E-state index is 0.0443. The van der Waals surface area contributed by atoms with Crippen molar-refractivity contribution in [1.82, 2.24) is 0 Å². The molecule has 1 aliphatic rings. The van der Waals surface area contributed by atoms with E-state index in [9.17, 15) is 18.0 Å². The van der Waals surface area contributed by atoms with Crippen molar-refractivity contribution in [2.75, 3.05) is 41.8 Å². The number of benzene rings is 3. The number of sulfonamides is 1. The molecule has 0 atom stereocenters. The van der Waals surface area contributed by atoms with Gasteiger partial charge in [-0.15, -0.1) is 0 Å². The molecule has 0 spiro atoms. The lowest BCUT2D eigenvalue weighted by molar-refractivity contribution is -0.117. The van der Waals surface area contributed by atoms with Crippen LogP contribution in [0.3, 0.4) is 0 Å². The zero-order chi connectivity index (χ0) is 26.6. The topological polar surface area (TPSA) is 105 Å². The molecule has 9 nitrogen and oxygen atoms in total. The third-order valence-electron chi connectivity index (χ3n) is 6.13. The van der Waals surface area contributed by atoms with Crippen LogP contribution in [0.5, 0.6) is 11.5 Å². The Morgan fingerprint density at radius 2 is 1.73 bits per heavy atom. The first-order valence-electron chi connectivity index (χ1n) is 11.8. The third kappa shape index (κ3) is 5.54. The van der Waals surface area contributed by atoms with Gasteiger partial charge in [0.25, 0.3) is 10.0 Å². The highest BCUT2D eigenvalue weighted by Gasteiger charge is 2.29. The van der Waals surface area contributed by atoms with E-state index in [0.29, 0.717) is 30.1 Å². The molecule has 37 heavy (non-hydrogen) atoms. The van der Waals surface area contributed by atoms with Gasteiger partial charge < -0.3 is 19.7 Å². The Labute approximate surface area is 216 Å². The first-order chi connectivity index (χ1) is 17.7. The fraction of sp³-hybridized carbons (Fsp3) is 0.259. The number of carbonyl (C=O) groups is 2. The van der Waals surface area contributed by atoms with Gasteiger partial charge in [0.15, 0.2) is 11.5 Å². The van der Waals surface area contributed by atoms with Crippen molar-refractivity contribution < 1.29 is 27.5 Å². The van der Waals surface area contributed by atoms with Crippen molar-refractivity contribution in [3.05, 3.63) is 72.3 Å². The summed E-state index contributed by atoms with van der Waals surface area (Å²) in [7, 11) is -1.27. The summed E-state index contributed by atoms with van der Waals surface area (Å²) in [6, 6.07) is 18.0. The number of ether oxygens (including phenoxy) is 2. The van der Waals surface area contributed by atoms with Crippen LogP contribution in [0, 0.1) is 6.92 Å². The van der Waals surface area contributed by atoms with Crippen molar-refractivity contribution >= 4 is 38.9 Å². The molecule has 0 aliphatic carbocycles. The predicted molar refractivity (Wildman–Crippen MR) is 142 cm³/mol. The molecule has 194 valence electrons. The van der Waals surface area contributed by atoms with Crippen LogP contribution in [-0.2, 0) is 19.6 Å². The molecule has 4 rings (SSSR count). The number of nitrogens with one attached hydrogen (secondary N) is 1. The summed E-state index contributed by atoms with van der Waals surface area (Å²) in [5.41, 5.74) is 2.45. The van der Waals surface area contributed by atoms with Crippen molar-refractivity contribution in [1.29, 1.82) is 0 Å². The van der Waals surface area contributed by atoms with Gasteiger partial charge in [-0.25, -0.2) is 8.42 Å². The number of aryl methyl sites for hydroxylation is 1. The lowest BCUT2D eigenvalue weighted by Gasteiger charge is -2.25. The maximum absolute atomic E-state index is 13.7. The second-order valence-electron chi connectivity index (χ2n) is 8.56. The van der Waals surface area contributed by atoms with Crippen LogP contribution >= 0.6 is 0 Å². The summed E-state index contributed by atoms with van der Waals surface area (Å²) in [5, 5.41) is 2.78. The molecule has 3 aromatic carbocycles. The summed E-state index contributed by atoms with van der Waals surface area (Å²) in [6.07, 6.45) is 1.28. The first kappa shape index (κ1) is 26.0. The fourth-order valence-corrected chi connectivity index (χ4v) is 5.66. The van der Waals surface area contributed by atoms with Gasteiger partial charge in [0, 0.05) is 30.4 Å². The van der Waals surface area contributed by atoms with Crippen LogP contribution in [0.15, 0.2) is 71.6 Å². The summed E-state index contributed by atoms with van der Waals surface area (Å²) >= 11 is 0. The summed E-state index contributed by atoms with van der Waals surface area (Å²) in [4.78, 5) is 27.0. The van der Waals surface area contributed by atoms with Crippen LogP contribution in [0.2, 0.25) is 0 Å². The van der Waals surface area contributed by atoms with Crippen LogP contribution in [0.4, 0.5) is 17.1 Å². The lowest BCUT2D eigenvalue weighted by atomic mass is 10.1. The van der Waals surface area contributed by atoms with Gasteiger partial charge >= 0.3 is 0 Å². The van der Waals surface area contributed by atoms with Crippen molar-refractivity contribution in [3.63, 3.8) is 0 Å². The largest absolute Gasteiger partial charge is 0.493 e. The monoisotopic (exact) mass is 523 g/mol.